The van der Waals surface area contributed by atoms with Gasteiger partial charge in [-0.15, -0.1) is 0 Å². The van der Waals surface area contributed by atoms with E-state index in [0.29, 0.717) is 12.4 Å². The van der Waals surface area contributed by atoms with Crippen LogP contribution in [0.3, 0.4) is 0 Å². The Morgan fingerprint density at radius 3 is 2.30 bits per heavy atom. The topological polar surface area (TPSA) is 66.4 Å². The number of piperazine rings is 1. The molecule has 0 unspecified atom stereocenters. The van der Waals surface area contributed by atoms with Crippen molar-refractivity contribution in [2.75, 3.05) is 6.54 Å². The Morgan fingerprint density at radius 2 is 1.63 bits per heavy atom. The van der Waals surface area contributed by atoms with Gasteiger partial charge in [0.1, 0.15) is 5.82 Å². The van der Waals surface area contributed by atoms with Crippen molar-refractivity contribution in [1.29, 1.82) is 0 Å². The van der Waals surface area contributed by atoms with Crippen LogP contribution in [-0.4, -0.2) is 50.2 Å². The van der Waals surface area contributed by atoms with Crippen molar-refractivity contribution in [2.24, 2.45) is 0 Å². The highest BCUT2D eigenvalue weighted by atomic mass is 16.2. The predicted molar refractivity (Wildman–Crippen MR) is 101 cm³/mol. The van der Waals surface area contributed by atoms with Crippen LogP contribution in [0.5, 0.6) is 0 Å². The molecule has 140 valence electrons. The minimum atomic E-state index is -0.435. The molecule has 1 aromatic carbocycles. The molecule has 2 aliphatic rings. The average molecular weight is 364 g/mol. The quantitative estimate of drug-likeness (QED) is 0.783. The Hall–Kier alpha value is -2.76. The fourth-order valence-electron chi connectivity index (χ4n) is 4.17. The minimum absolute atomic E-state index is 0.0295. The van der Waals surface area contributed by atoms with E-state index in [4.69, 9.17) is 0 Å². The monoisotopic (exact) mass is 364 g/mol. The Morgan fingerprint density at radius 1 is 0.963 bits per heavy atom. The number of nitrogens with zero attached hydrogens (tertiary/aromatic N) is 4. The Balaban J connectivity index is 1.45. The van der Waals surface area contributed by atoms with Gasteiger partial charge in [-0.2, -0.15) is 0 Å². The van der Waals surface area contributed by atoms with Crippen molar-refractivity contribution >= 4 is 11.8 Å². The first-order valence-electron chi connectivity index (χ1n) is 9.61. The molecule has 27 heavy (non-hydrogen) atoms. The summed E-state index contributed by atoms with van der Waals surface area (Å²) in [6.07, 6.45) is 7.83. The molecule has 2 amide bonds. The predicted octanol–water partition coefficient (Wildman–Crippen LogP) is 2.65. The number of amides is 2. The van der Waals surface area contributed by atoms with Crippen molar-refractivity contribution in [3.8, 4) is 11.1 Å². The van der Waals surface area contributed by atoms with Gasteiger partial charge in [0.2, 0.25) is 0 Å². The van der Waals surface area contributed by atoms with Gasteiger partial charge in [-0.1, -0.05) is 43.2 Å². The number of benzene rings is 1. The van der Waals surface area contributed by atoms with E-state index < -0.39 is 5.91 Å². The number of carbonyl (C=O) groups excluding carboxylic acids is 2. The lowest BCUT2D eigenvalue weighted by molar-refractivity contribution is -0.161. The zero-order valence-corrected chi connectivity index (χ0v) is 15.5. The highest BCUT2D eigenvalue weighted by Crippen LogP contribution is 2.28. The molecule has 1 saturated heterocycles. The van der Waals surface area contributed by atoms with Gasteiger partial charge in [0.15, 0.2) is 0 Å². The molecular formula is C21H24N4O2. The van der Waals surface area contributed by atoms with Crippen LogP contribution < -0.4 is 0 Å². The highest BCUT2D eigenvalue weighted by molar-refractivity contribution is 6.35. The van der Waals surface area contributed by atoms with Crippen LogP contribution >= 0.6 is 0 Å². The standard InChI is InChI=1S/C21H24N4O2/c1-15-13-24(20(26)21(27)25(15)18-9-5-6-10-18)14-19-22-11-17(12-23-19)16-7-3-2-4-8-16/h2-4,7-8,11-12,15,18H,5-6,9-10,13-14H2,1H3/t15-/m0/s1. The molecule has 2 aromatic rings. The van der Waals surface area contributed by atoms with Gasteiger partial charge in [-0.3, -0.25) is 9.59 Å². The smallest absolute Gasteiger partial charge is 0.312 e. The summed E-state index contributed by atoms with van der Waals surface area (Å²) in [5.74, 6) is -0.255. The summed E-state index contributed by atoms with van der Waals surface area (Å²) in [7, 11) is 0. The van der Waals surface area contributed by atoms with Crippen LogP contribution in [0.2, 0.25) is 0 Å². The summed E-state index contributed by atoms with van der Waals surface area (Å²) >= 11 is 0. The Kier molecular flexibility index (Phi) is 4.88. The van der Waals surface area contributed by atoms with Gasteiger partial charge >= 0.3 is 11.8 Å². The lowest BCUT2D eigenvalue weighted by atomic mass is 10.1. The average Bonchev–Trinajstić information content (AvgIpc) is 3.21. The normalized spacial score (nSPS) is 21.1. The summed E-state index contributed by atoms with van der Waals surface area (Å²) in [5.41, 5.74) is 1.98. The molecule has 2 heterocycles. The first kappa shape index (κ1) is 17.6. The lowest BCUT2D eigenvalue weighted by Gasteiger charge is -2.41. The van der Waals surface area contributed by atoms with Gasteiger partial charge in [-0.05, 0) is 25.3 Å². The van der Waals surface area contributed by atoms with Crippen LogP contribution in [-0.2, 0) is 16.1 Å². The third-order valence-electron chi connectivity index (χ3n) is 5.53. The molecule has 1 aliphatic carbocycles. The van der Waals surface area contributed by atoms with E-state index in [1.807, 2.05) is 42.2 Å². The van der Waals surface area contributed by atoms with E-state index in [9.17, 15) is 9.59 Å². The number of hydrogen-bond donors (Lipinski definition) is 0. The Bertz CT molecular complexity index is 816. The second-order valence-corrected chi connectivity index (χ2v) is 7.44. The minimum Gasteiger partial charge on any atom is -0.327 e. The second kappa shape index (κ2) is 7.47. The molecule has 6 nitrogen and oxygen atoms in total. The first-order valence-corrected chi connectivity index (χ1v) is 9.61. The third-order valence-corrected chi connectivity index (χ3v) is 5.53. The lowest BCUT2D eigenvalue weighted by Crippen LogP contribution is -2.60. The maximum atomic E-state index is 12.7. The Labute approximate surface area is 159 Å². The molecule has 1 aromatic heterocycles. The second-order valence-electron chi connectivity index (χ2n) is 7.44. The maximum absolute atomic E-state index is 12.7. The van der Waals surface area contributed by atoms with E-state index in [-0.39, 0.29) is 24.5 Å². The van der Waals surface area contributed by atoms with Gasteiger partial charge in [-0.25, -0.2) is 9.97 Å². The molecule has 2 fully saturated rings. The number of rotatable bonds is 4. The molecular weight excluding hydrogens is 340 g/mol. The largest absolute Gasteiger partial charge is 0.327 e. The van der Waals surface area contributed by atoms with Gasteiger partial charge in [0.05, 0.1) is 6.54 Å². The zero-order chi connectivity index (χ0) is 18.8. The molecule has 0 N–H and O–H groups in total. The van der Waals surface area contributed by atoms with Gasteiger partial charge in [0, 0.05) is 36.6 Å². The number of carbonyl (C=O) groups is 2. The van der Waals surface area contributed by atoms with Crippen molar-refractivity contribution in [2.45, 2.75) is 51.2 Å². The van der Waals surface area contributed by atoms with Crippen molar-refractivity contribution in [3.05, 3.63) is 48.5 Å². The fraction of sp³-hybridized carbons (Fsp3) is 0.429. The number of hydrogen-bond acceptors (Lipinski definition) is 4. The van der Waals surface area contributed by atoms with E-state index in [2.05, 4.69) is 9.97 Å². The van der Waals surface area contributed by atoms with E-state index >= 15 is 0 Å². The molecule has 0 radical (unpaired) electrons. The van der Waals surface area contributed by atoms with Crippen LogP contribution in [0.25, 0.3) is 11.1 Å². The van der Waals surface area contributed by atoms with Crippen LogP contribution in [0.15, 0.2) is 42.7 Å². The summed E-state index contributed by atoms with van der Waals surface area (Å²) in [6.45, 7) is 2.82. The van der Waals surface area contributed by atoms with Crippen LogP contribution in [0, 0.1) is 0 Å². The first-order chi connectivity index (χ1) is 13.1. The van der Waals surface area contributed by atoms with Crippen LogP contribution in [0.1, 0.15) is 38.4 Å². The third kappa shape index (κ3) is 3.56. The van der Waals surface area contributed by atoms with E-state index in [1.165, 1.54) is 0 Å². The molecule has 6 heteroatoms. The molecule has 1 saturated carbocycles. The van der Waals surface area contributed by atoms with Gasteiger partial charge in [0.25, 0.3) is 0 Å². The maximum Gasteiger partial charge on any atom is 0.312 e. The van der Waals surface area contributed by atoms with Gasteiger partial charge < -0.3 is 9.80 Å². The fourth-order valence-corrected chi connectivity index (χ4v) is 4.17. The summed E-state index contributed by atoms with van der Waals surface area (Å²) < 4.78 is 0. The molecule has 0 bridgehead atoms. The highest BCUT2D eigenvalue weighted by Gasteiger charge is 2.41. The molecule has 1 atom stereocenters. The summed E-state index contributed by atoms with van der Waals surface area (Å²) in [6, 6.07) is 10.2. The van der Waals surface area contributed by atoms with Crippen molar-refractivity contribution in [3.63, 3.8) is 0 Å². The number of aromatic nitrogens is 2. The van der Waals surface area contributed by atoms with Crippen LogP contribution in [0.4, 0.5) is 0 Å². The van der Waals surface area contributed by atoms with Crippen molar-refractivity contribution in [1.82, 2.24) is 19.8 Å². The zero-order valence-electron chi connectivity index (χ0n) is 15.5. The van der Waals surface area contributed by atoms with Crippen molar-refractivity contribution < 1.29 is 9.59 Å². The van der Waals surface area contributed by atoms with E-state index in [1.54, 1.807) is 17.3 Å². The molecule has 0 spiro atoms. The summed E-state index contributed by atoms with van der Waals surface area (Å²) in [4.78, 5) is 37.5. The SMILES string of the molecule is C[C@H]1CN(Cc2ncc(-c3ccccc3)cn2)C(=O)C(=O)N1C1CCCC1. The van der Waals surface area contributed by atoms with E-state index in [0.717, 1.165) is 36.8 Å². The molecule has 4 rings (SSSR count). The molecule has 1 aliphatic heterocycles. The summed E-state index contributed by atoms with van der Waals surface area (Å²) in [5, 5.41) is 0.